The molecule has 0 radical (unpaired) electrons. The molecule has 0 aromatic carbocycles. The van der Waals surface area contributed by atoms with Gasteiger partial charge in [-0.3, -0.25) is 4.79 Å². The lowest BCUT2D eigenvalue weighted by Crippen LogP contribution is -2.54. The first-order chi connectivity index (χ1) is 8.93. The third-order valence-corrected chi connectivity index (χ3v) is 3.85. The molecule has 0 spiro atoms. The van der Waals surface area contributed by atoms with E-state index in [9.17, 15) is 20.1 Å². The van der Waals surface area contributed by atoms with Crippen LogP contribution in [0.3, 0.4) is 0 Å². The van der Waals surface area contributed by atoms with Crippen molar-refractivity contribution in [3.63, 3.8) is 0 Å². The van der Waals surface area contributed by atoms with Crippen LogP contribution in [0.1, 0.15) is 26.7 Å². The molecule has 0 aromatic rings. The van der Waals surface area contributed by atoms with E-state index in [0.717, 1.165) is 0 Å². The van der Waals surface area contributed by atoms with E-state index in [0.29, 0.717) is 12.0 Å². The quantitative estimate of drug-likeness (QED) is 0.517. The molecule has 2 aliphatic heterocycles. The summed E-state index contributed by atoms with van der Waals surface area (Å²) in [7, 11) is 0. The van der Waals surface area contributed by atoms with E-state index in [1.807, 2.05) is 6.92 Å². The van der Waals surface area contributed by atoms with Gasteiger partial charge in [0.05, 0.1) is 12.7 Å². The molecular weight excluding hydrogens is 252 g/mol. The molecule has 2 aliphatic rings. The smallest absolute Gasteiger partial charge is 0.251 e. The molecule has 4 atom stereocenters. The number of carbonyl (C=O) groups is 1. The van der Waals surface area contributed by atoms with Crippen LogP contribution in [-0.2, 0) is 9.53 Å². The summed E-state index contributed by atoms with van der Waals surface area (Å²) in [6.45, 7) is 3.15. The Morgan fingerprint density at radius 2 is 2.26 bits per heavy atom. The summed E-state index contributed by atoms with van der Waals surface area (Å²) in [6.07, 6.45) is -0.381. The van der Waals surface area contributed by atoms with Crippen LogP contribution in [0.5, 0.6) is 0 Å². The zero-order valence-electron chi connectivity index (χ0n) is 11.0. The minimum Gasteiger partial charge on any atom is -0.393 e. The van der Waals surface area contributed by atoms with Crippen molar-refractivity contribution in [2.75, 3.05) is 6.61 Å². The van der Waals surface area contributed by atoms with Gasteiger partial charge < -0.3 is 30.3 Å². The lowest BCUT2D eigenvalue weighted by molar-refractivity contribution is -0.171. The molecule has 2 heterocycles. The summed E-state index contributed by atoms with van der Waals surface area (Å²) in [6, 6.07) is 0. The van der Waals surface area contributed by atoms with Crippen molar-refractivity contribution in [1.82, 2.24) is 10.2 Å². The van der Waals surface area contributed by atoms with Gasteiger partial charge in [0, 0.05) is 18.2 Å². The van der Waals surface area contributed by atoms with Crippen LogP contribution in [0.2, 0.25) is 0 Å². The van der Waals surface area contributed by atoms with Gasteiger partial charge in [-0.15, -0.1) is 0 Å². The number of hydrogen-bond acceptors (Lipinski definition) is 6. The summed E-state index contributed by atoms with van der Waals surface area (Å²) in [5.74, 6) is -0.341. The van der Waals surface area contributed by atoms with Gasteiger partial charge in [-0.2, -0.15) is 0 Å². The summed E-state index contributed by atoms with van der Waals surface area (Å²) >= 11 is 0. The largest absolute Gasteiger partial charge is 0.393 e. The Morgan fingerprint density at radius 1 is 1.58 bits per heavy atom. The van der Waals surface area contributed by atoms with Crippen molar-refractivity contribution in [1.29, 1.82) is 0 Å². The highest BCUT2D eigenvalue weighted by Gasteiger charge is 2.49. The van der Waals surface area contributed by atoms with Gasteiger partial charge in [-0.1, -0.05) is 6.92 Å². The van der Waals surface area contributed by atoms with E-state index in [-0.39, 0.29) is 18.9 Å². The second kappa shape index (κ2) is 5.09. The maximum Gasteiger partial charge on any atom is 0.251 e. The van der Waals surface area contributed by atoms with E-state index in [1.165, 1.54) is 11.1 Å². The third-order valence-electron chi connectivity index (χ3n) is 3.85. The Balaban J connectivity index is 2.18. The van der Waals surface area contributed by atoms with Crippen LogP contribution >= 0.6 is 0 Å². The molecule has 0 bridgehead atoms. The van der Waals surface area contributed by atoms with Gasteiger partial charge in [0.15, 0.2) is 0 Å². The molecule has 1 amide bonds. The van der Waals surface area contributed by atoms with E-state index >= 15 is 0 Å². The van der Waals surface area contributed by atoms with Crippen LogP contribution < -0.4 is 5.32 Å². The maximum atomic E-state index is 11.4. The average molecular weight is 272 g/mol. The highest BCUT2D eigenvalue weighted by molar-refractivity contribution is 5.93. The van der Waals surface area contributed by atoms with Gasteiger partial charge >= 0.3 is 0 Å². The number of aliphatic hydroxyl groups is 3. The van der Waals surface area contributed by atoms with E-state index < -0.39 is 24.3 Å². The van der Waals surface area contributed by atoms with Crippen LogP contribution in [0.4, 0.5) is 0 Å². The number of nitrogens with one attached hydrogen (secondary N) is 1. The zero-order valence-corrected chi connectivity index (χ0v) is 11.0. The number of ether oxygens (including phenoxy) is 1. The van der Waals surface area contributed by atoms with Gasteiger partial charge in [0.25, 0.3) is 5.91 Å². The molecule has 0 saturated carbocycles. The summed E-state index contributed by atoms with van der Waals surface area (Å²) in [5, 5.41) is 31.7. The summed E-state index contributed by atoms with van der Waals surface area (Å²) in [4.78, 5) is 12.8. The molecule has 0 aliphatic carbocycles. The molecule has 1 saturated heterocycles. The van der Waals surface area contributed by atoms with Gasteiger partial charge in [-0.25, -0.2) is 0 Å². The van der Waals surface area contributed by atoms with Crippen LogP contribution in [0.15, 0.2) is 11.8 Å². The predicted molar refractivity (Wildman–Crippen MR) is 65.4 cm³/mol. The topological polar surface area (TPSA) is 102 Å². The van der Waals surface area contributed by atoms with Crippen molar-refractivity contribution in [3.8, 4) is 0 Å². The van der Waals surface area contributed by atoms with Crippen molar-refractivity contribution in [3.05, 3.63) is 11.8 Å². The minimum absolute atomic E-state index is 0.255. The fraction of sp³-hybridized carbons (Fsp3) is 0.750. The number of hydrogen-bond donors (Lipinski definition) is 4. The Morgan fingerprint density at radius 3 is 2.79 bits per heavy atom. The minimum atomic E-state index is -1.19. The molecule has 1 unspecified atom stereocenters. The number of aliphatic hydroxyl groups excluding tert-OH is 3. The molecule has 4 N–H and O–H groups in total. The molecule has 7 nitrogen and oxygen atoms in total. The molecule has 0 aromatic heterocycles. The Kier molecular flexibility index (Phi) is 3.82. The zero-order chi connectivity index (χ0) is 14.2. The number of amides is 1. The van der Waals surface area contributed by atoms with Crippen molar-refractivity contribution < 1.29 is 24.9 Å². The lowest BCUT2D eigenvalue weighted by atomic mass is 9.95. The van der Waals surface area contributed by atoms with Crippen molar-refractivity contribution in [2.24, 2.45) is 0 Å². The molecule has 2 rings (SSSR count). The highest BCUT2D eigenvalue weighted by Crippen LogP contribution is 2.35. The van der Waals surface area contributed by atoms with Crippen molar-refractivity contribution >= 4 is 5.91 Å². The van der Waals surface area contributed by atoms with Crippen LogP contribution in [0.25, 0.3) is 0 Å². The van der Waals surface area contributed by atoms with E-state index in [2.05, 4.69) is 5.32 Å². The molecule has 7 heteroatoms. The summed E-state index contributed by atoms with van der Waals surface area (Å²) in [5.41, 5.74) is -0.561. The average Bonchev–Trinajstić information content (AvgIpc) is 2.71. The molecule has 1 fully saturated rings. The standard InChI is InChI=1S/C12H20N2O5/c1-3-12(6-15)8(16)4-9(19-12)14-5-7(2)10(17)13-11(14)18/h5,8-9,11,15-16,18H,3-4,6H2,1-2H3,(H,13,17)/t8-,9+,11?,12+/m0/s1. The second-order valence-corrected chi connectivity index (χ2v) is 5.01. The van der Waals surface area contributed by atoms with Crippen LogP contribution in [-0.4, -0.2) is 57.0 Å². The van der Waals surface area contributed by atoms with Gasteiger partial charge in [0.2, 0.25) is 6.35 Å². The van der Waals surface area contributed by atoms with Crippen molar-refractivity contribution in [2.45, 2.75) is 51.0 Å². The van der Waals surface area contributed by atoms with Gasteiger partial charge in [0.1, 0.15) is 11.8 Å². The third kappa shape index (κ3) is 2.34. The summed E-state index contributed by atoms with van der Waals surface area (Å²) < 4.78 is 5.72. The van der Waals surface area contributed by atoms with Gasteiger partial charge in [-0.05, 0) is 13.3 Å². The number of rotatable bonds is 3. The molecule has 19 heavy (non-hydrogen) atoms. The normalized spacial score (nSPS) is 39.2. The Hall–Kier alpha value is -1.15. The Labute approximate surface area is 111 Å². The first kappa shape index (κ1) is 14.3. The number of carbonyl (C=O) groups excluding carboxylic acids is 1. The fourth-order valence-electron chi connectivity index (χ4n) is 2.46. The number of nitrogens with zero attached hydrogens (tertiary/aromatic N) is 1. The molecule has 108 valence electrons. The first-order valence-corrected chi connectivity index (χ1v) is 6.35. The fourth-order valence-corrected chi connectivity index (χ4v) is 2.46. The Bertz CT molecular complexity index is 394. The highest BCUT2D eigenvalue weighted by atomic mass is 16.6. The predicted octanol–water partition coefficient (Wildman–Crippen LogP) is -1.15. The second-order valence-electron chi connectivity index (χ2n) is 5.01. The van der Waals surface area contributed by atoms with Crippen LogP contribution in [0, 0.1) is 0 Å². The monoisotopic (exact) mass is 272 g/mol. The lowest BCUT2D eigenvalue weighted by Gasteiger charge is -2.36. The first-order valence-electron chi connectivity index (χ1n) is 6.35. The van der Waals surface area contributed by atoms with E-state index in [1.54, 1.807) is 6.92 Å². The van der Waals surface area contributed by atoms with E-state index in [4.69, 9.17) is 4.74 Å². The SMILES string of the molecule is CC[C@]1(CO)O[C@@H](N2C=C(C)C(=O)NC2O)C[C@@H]1O. The maximum absolute atomic E-state index is 11.4. The molecular formula is C12H20N2O5.